The molecule has 4 heterocycles. The predicted molar refractivity (Wildman–Crippen MR) is 143 cm³/mol. The number of hydrogen-bond donors (Lipinski definition) is 0. The SMILES string of the molecule is CCC1CN2CCC1CC2C(OCc1ccccc1)c1cc(-c2ccc(F)cc2F)nc2ccccc12. The standard InChI is InChI=1S/C32H32F2N2O/c1-2-22-19-36-15-14-23(22)16-31(36)32(37-20-21-8-4-3-5-9-21)27-18-30(26-13-12-24(33)17-28(26)34)35-29-11-7-6-10-25(27)29/h3-13,17-18,22-23,31-32H,2,14-16,19-20H2,1H3. The Labute approximate surface area is 217 Å². The number of halogens is 2. The summed E-state index contributed by atoms with van der Waals surface area (Å²) in [7, 11) is 0. The maximum absolute atomic E-state index is 14.9. The van der Waals surface area contributed by atoms with Gasteiger partial charge in [0, 0.05) is 29.6 Å². The predicted octanol–water partition coefficient (Wildman–Crippen LogP) is 7.56. The summed E-state index contributed by atoms with van der Waals surface area (Å²) in [6.45, 7) is 4.97. The highest BCUT2D eigenvalue weighted by Gasteiger charge is 2.43. The van der Waals surface area contributed by atoms with Crippen LogP contribution in [-0.4, -0.2) is 29.0 Å². The molecule has 3 aliphatic rings. The van der Waals surface area contributed by atoms with Crippen molar-refractivity contribution in [1.82, 2.24) is 9.88 Å². The van der Waals surface area contributed by atoms with Gasteiger partial charge in [-0.25, -0.2) is 13.8 Å². The summed E-state index contributed by atoms with van der Waals surface area (Å²) in [6, 6.07) is 24.1. The minimum atomic E-state index is -0.609. The summed E-state index contributed by atoms with van der Waals surface area (Å²) in [5.74, 6) is 0.229. The van der Waals surface area contributed by atoms with E-state index in [0.717, 1.165) is 53.5 Å². The van der Waals surface area contributed by atoms with E-state index in [2.05, 4.69) is 30.0 Å². The summed E-state index contributed by atoms with van der Waals surface area (Å²) in [6.07, 6.45) is 3.34. The van der Waals surface area contributed by atoms with Gasteiger partial charge in [-0.05, 0) is 66.6 Å². The zero-order chi connectivity index (χ0) is 25.4. The van der Waals surface area contributed by atoms with E-state index in [4.69, 9.17) is 9.72 Å². The maximum Gasteiger partial charge on any atom is 0.135 e. The molecule has 0 saturated carbocycles. The topological polar surface area (TPSA) is 25.4 Å². The molecular weight excluding hydrogens is 466 g/mol. The summed E-state index contributed by atoms with van der Waals surface area (Å²) in [5.41, 5.74) is 3.73. The van der Waals surface area contributed by atoms with Crippen molar-refractivity contribution in [2.75, 3.05) is 13.1 Å². The van der Waals surface area contributed by atoms with Gasteiger partial charge >= 0.3 is 0 Å². The van der Waals surface area contributed by atoms with Crippen LogP contribution in [0.25, 0.3) is 22.2 Å². The molecule has 0 radical (unpaired) electrons. The number of pyridine rings is 1. The third kappa shape index (κ3) is 4.78. The zero-order valence-electron chi connectivity index (χ0n) is 21.1. The van der Waals surface area contributed by atoms with Gasteiger partial charge in [-0.3, -0.25) is 4.90 Å². The van der Waals surface area contributed by atoms with Crippen LogP contribution in [0, 0.1) is 23.5 Å². The maximum atomic E-state index is 14.9. The van der Waals surface area contributed by atoms with Gasteiger partial charge in [0.1, 0.15) is 11.6 Å². The number of fused-ring (bicyclic) bond motifs is 4. The lowest BCUT2D eigenvalue weighted by atomic mass is 9.72. The Morgan fingerprint density at radius 1 is 1.00 bits per heavy atom. The minimum Gasteiger partial charge on any atom is -0.367 e. The third-order valence-corrected chi connectivity index (χ3v) is 8.34. The molecule has 2 bridgehead atoms. The first-order valence-corrected chi connectivity index (χ1v) is 13.4. The lowest BCUT2D eigenvalue weighted by molar-refractivity contribution is -0.0879. The van der Waals surface area contributed by atoms with Gasteiger partial charge in [0.2, 0.25) is 0 Å². The Bertz CT molecular complexity index is 1390. The molecule has 3 nitrogen and oxygen atoms in total. The Morgan fingerprint density at radius 3 is 2.57 bits per heavy atom. The lowest BCUT2D eigenvalue weighted by Crippen LogP contribution is -2.55. The molecule has 1 aromatic heterocycles. The van der Waals surface area contributed by atoms with E-state index in [-0.39, 0.29) is 12.1 Å². The fourth-order valence-electron chi connectivity index (χ4n) is 6.40. The second-order valence-electron chi connectivity index (χ2n) is 10.5. The van der Waals surface area contributed by atoms with E-state index in [1.54, 1.807) is 0 Å². The van der Waals surface area contributed by atoms with Crippen molar-refractivity contribution < 1.29 is 13.5 Å². The number of benzene rings is 3. The van der Waals surface area contributed by atoms with E-state index < -0.39 is 11.6 Å². The van der Waals surface area contributed by atoms with Crippen LogP contribution in [0.4, 0.5) is 8.78 Å². The van der Waals surface area contributed by atoms with Crippen LogP contribution in [0.15, 0.2) is 78.9 Å². The quantitative estimate of drug-likeness (QED) is 0.263. The minimum absolute atomic E-state index is 0.198. The fourth-order valence-corrected chi connectivity index (χ4v) is 6.40. The van der Waals surface area contributed by atoms with Crippen molar-refractivity contribution >= 4 is 10.9 Å². The van der Waals surface area contributed by atoms with E-state index in [0.29, 0.717) is 23.8 Å². The monoisotopic (exact) mass is 498 g/mol. The van der Waals surface area contributed by atoms with Gasteiger partial charge in [-0.1, -0.05) is 61.9 Å². The van der Waals surface area contributed by atoms with Gasteiger partial charge in [-0.2, -0.15) is 0 Å². The fraction of sp³-hybridized carbons (Fsp3) is 0.344. The normalized spacial score (nSPS) is 23.9. The summed E-state index contributed by atoms with van der Waals surface area (Å²) >= 11 is 0. The van der Waals surface area contributed by atoms with Gasteiger partial charge in [0.25, 0.3) is 0 Å². The van der Waals surface area contributed by atoms with E-state index in [1.807, 2.05) is 42.5 Å². The van der Waals surface area contributed by atoms with E-state index in [1.165, 1.54) is 25.0 Å². The largest absolute Gasteiger partial charge is 0.367 e. The molecule has 7 rings (SSSR count). The molecule has 0 spiro atoms. The van der Waals surface area contributed by atoms with Crippen LogP contribution in [0.5, 0.6) is 0 Å². The smallest absolute Gasteiger partial charge is 0.135 e. The highest BCUT2D eigenvalue weighted by molar-refractivity contribution is 5.85. The second kappa shape index (κ2) is 10.3. The molecule has 37 heavy (non-hydrogen) atoms. The molecule has 5 atom stereocenters. The lowest BCUT2D eigenvalue weighted by Gasteiger charge is -2.52. The Morgan fingerprint density at radius 2 is 1.81 bits per heavy atom. The van der Waals surface area contributed by atoms with Gasteiger partial charge in [-0.15, -0.1) is 0 Å². The highest BCUT2D eigenvalue weighted by atomic mass is 19.1. The molecule has 4 aromatic rings. The van der Waals surface area contributed by atoms with Crippen molar-refractivity contribution in [2.24, 2.45) is 11.8 Å². The van der Waals surface area contributed by atoms with Crippen LogP contribution >= 0.6 is 0 Å². The van der Waals surface area contributed by atoms with Crippen molar-refractivity contribution in [3.05, 3.63) is 102 Å². The van der Waals surface area contributed by atoms with Crippen molar-refractivity contribution in [2.45, 2.75) is 44.9 Å². The highest BCUT2D eigenvalue weighted by Crippen LogP contribution is 2.45. The Kier molecular flexibility index (Phi) is 6.74. The first-order valence-electron chi connectivity index (χ1n) is 13.4. The van der Waals surface area contributed by atoms with Gasteiger partial charge < -0.3 is 4.74 Å². The average Bonchev–Trinajstić information content (AvgIpc) is 2.94. The van der Waals surface area contributed by atoms with Crippen LogP contribution in [0.3, 0.4) is 0 Å². The Hall–Kier alpha value is -3.15. The molecule has 0 N–H and O–H groups in total. The van der Waals surface area contributed by atoms with Crippen molar-refractivity contribution in [1.29, 1.82) is 0 Å². The zero-order valence-corrected chi connectivity index (χ0v) is 21.1. The van der Waals surface area contributed by atoms with Crippen LogP contribution in [0.1, 0.15) is 43.4 Å². The van der Waals surface area contributed by atoms with Gasteiger partial charge in [0.15, 0.2) is 0 Å². The van der Waals surface area contributed by atoms with Crippen molar-refractivity contribution in [3.8, 4) is 11.3 Å². The van der Waals surface area contributed by atoms with Crippen molar-refractivity contribution in [3.63, 3.8) is 0 Å². The molecule has 3 aromatic carbocycles. The molecule has 190 valence electrons. The molecule has 0 aliphatic carbocycles. The third-order valence-electron chi connectivity index (χ3n) is 8.34. The molecule has 3 fully saturated rings. The average molecular weight is 499 g/mol. The van der Waals surface area contributed by atoms with E-state index in [9.17, 15) is 8.78 Å². The molecule has 5 unspecified atom stereocenters. The number of ether oxygens (including phenoxy) is 1. The van der Waals surface area contributed by atoms with Gasteiger partial charge in [0.05, 0.1) is 23.9 Å². The Balaban J connectivity index is 1.46. The number of hydrogen-bond acceptors (Lipinski definition) is 3. The molecule has 3 saturated heterocycles. The summed E-state index contributed by atoms with van der Waals surface area (Å²) in [4.78, 5) is 7.39. The second-order valence-corrected chi connectivity index (χ2v) is 10.5. The molecular formula is C32H32F2N2O. The molecule has 0 amide bonds. The van der Waals surface area contributed by atoms with E-state index >= 15 is 0 Å². The van der Waals surface area contributed by atoms with Crippen LogP contribution in [0.2, 0.25) is 0 Å². The number of para-hydroxylation sites is 1. The molecule has 3 aliphatic heterocycles. The number of aromatic nitrogens is 1. The van der Waals surface area contributed by atoms with Crippen LogP contribution < -0.4 is 0 Å². The summed E-state index contributed by atoms with van der Waals surface area (Å²) < 4.78 is 35.4. The number of rotatable bonds is 7. The number of nitrogens with zero attached hydrogens (tertiary/aromatic N) is 2. The summed E-state index contributed by atoms with van der Waals surface area (Å²) in [5, 5.41) is 1.02. The number of piperidine rings is 3. The first kappa shape index (κ1) is 24.2. The van der Waals surface area contributed by atoms with Crippen LogP contribution in [-0.2, 0) is 11.3 Å². The first-order chi connectivity index (χ1) is 18.1. The molecule has 5 heteroatoms.